The Kier molecular flexibility index (Phi) is 5.59. The van der Waals surface area contributed by atoms with Crippen LogP contribution in [0.1, 0.15) is 31.2 Å². The topological polar surface area (TPSA) is 46.3 Å². The summed E-state index contributed by atoms with van der Waals surface area (Å²) in [5.74, 6) is -0.195. The summed E-state index contributed by atoms with van der Waals surface area (Å²) in [4.78, 5) is 14.2. The average molecular weight is 313 g/mol. The van der Waals surface area contributed by atoms with Crippen molar-refractivity contribution in [2.24, 2.45) is 11.7 Å². The molecule has 1 amide bonds. The fourth-order valence-electron chi connectivity index (χ4n) is 3.13. The Morgan fingerprint density at radius 3 is 2.81 bits per heavy atom. The van der Waals surface area contributed by atoms with E-state index in [1.54, 1.807) is 24.1 Å². The first-order chi connectivity index (χ1) is 10.0. The maximum absolute atomic E-state index is 13.8. The van der Waals surface area contributed by atoms with Crippen molar-refractivity contribution in [3.8, 4) is 0 Å². The van der Waals surface area contributed by atoms with Crippen LogP contribution in [-0.2, 0) is 11.2 Å². The number of likely N-dealkylation sites (N-methyl/N-ethyl adjacent to an activating group) is 1. The number of nitrogens with two attached hydrogens (primary N) is 1. The minimum Gasteiger partial charge on any atom is -0.342 e. The zero-order valence-electron chi connectivity index (χ0n) is 12.3. The van der Waals surface area contributed by atoms with Gasteiger partial charge in [-0.15, -0.1) is 0 Å². The lowest BCUT2D eigenvalue weighted by Gasteiger charge is -2.37. The molecule has 0 spiro atoms. The normalized spacial score (nSPS) is 22.1. The Balaban J connectivity index is 2.08. The van der Waals surface area contributed by atoms with E-state index < -0.39 is 5.82 Å². The summed E-state index contributed by atoms with van der Waals surface area (Å²) in [6, 6.07) is 4.64. The number of carbonyl (C=O) groups is 1. The molecule has 0 aromatic heterocycles. The van der Waals surface area contributed by atoms with Crippen molar-refractivity contribution in [3.63, 3.8) is 0 Å². The molecule has 2 unspecified atom stereocenters. The second-order valence-corrected chi connectivity index (χ2v) is 6.14. The summed E-state index contributed by atoms with van der Waals surface area (Å²) in [6.45, 7) is 0.586. The van der Waals surface area contributed by atoms with Crippen LogP contribution >= 0.6 is 11.6 Å². The van der Waals surface area contributed by atoms with Gasteiger partial charge in [0.1, 0.15) is 5.82 Å². The second-order valence-electron chi connectivity index (χ2n) is 5.73. The fourth-order valence-corrected chi connectivity index (χ4v) is 3.36. The molecule has 21 heavy (non-hydrogen) atoms. The molecule has 0 heterocycles. The number of halogens is 2. The molecule has 2 rings (SSSR count). The summed E-state index contributed by atoms with van der Waals surface area (Å²) in [7, 11) is 1.79. The van der Waals surface area contributed by atoms with E-state index in [0.29, 0.717) is 17.5 Å². The van der Waals surface area contributed by atoms with Crippen molar-refractivity contribution in [2.45, 2.75) is 38.1 Å². The van der Waals surface area contributed by atoms with Crippen molar-refractivity contribution >= 4 is 17.5 Å². The molecule has 2 atom stereocenters. The largest absolute Gasteiger partial charge is 0.342 e. The Morgan fingerprint density at radius 2 is 2.14 bits per heavy atom. The fraction of sp³-hybridized carbons (Fsp3) is 0.562. The van der Waals surface area contributed by atoms with Crippen LogP contribution in [-0.4, -0.2) is 30.4 Å². The van der Waals surface area contributed by atoms with Crippen molar-refractivity contribution in [1.29, 1.82) is 0 Å². The number of rotatable bonds is 4. The summed E-state index contributed by atoms with van der Waals surface area (Å²) in [6.07, 6.45) is 4.29. The van der Waals surface area contributed by atoms with Crippen LogP contribution in [0.5, 0.6) is 0 Å². The van der Waals surface area contributed by atoms with E-state index in [-0.39, 0.29) is 23.9 Å². The van der Waals surface area contributed by atoms with Crippen LogP contribution in [0.2, 0.25) is 5.02 Å². The third-order valence-corrected chi connectivity index (χ3v) is 4.81. The minimum atomic E-state index is -0.428. The molecule has 1 saturated carbocycles. The smallest absolute Gasteiger partial charge is 0.227 e. The van der Waals surface area contributed by atoms with Crippen LogP contribution in [0.4, 0.5) is 4.39 Å². The number of hydrogen-bond donors (Lipinski definition) is 1. The van der Waals surface area contributed by atoms with Gasteiger partial charge in [-0.05, 0) is 37.4 Å². The van der Waals surface area contributed by atoms with Crippen LogP contribution < -0.4 is 5.73 Å². The van der Waals surface area contributed by atoms with E-state index in [1.165, 1.54) is 12.5 Å². The second kappa shape index (κ2) is 7.23. The number of benzene rings is 1. The molecular formula is C16H22ClFN2O. The molecule has 1 aromatic rings. The molecule has 5 heteroatoms. The van der Waals surface area contributed by atoms with E-state index in [4.69, 9.17) is 17.3 Å². The number of hydrogen-bond acceptors (Lipinski definition) is 2. The summed E-state index contributed by atoms with van der Waals surface area (Å²) in [5, 5.41) is 0.302. The maximum Gasteiger partial charge on any atom is 0.227 e. The first-order valence-corrected chi connectivity index (χ1v) is 7.81. The molecule has 1 aliphatic rings. The highest BCUT2D eigenvalue weighted by Crippen LogP contribution is 2.28. The SMILES string of the molecule is CN(C(=O)Cc1c(F)cccc1Cl)C1CCCCC1CN. The number of amides is 1. The zero-order valence-corrected chi connectivity index (χ0v) is 13.1. The first kappa shape index (κ1) is 16.2. The molecule has 1 fully saturated rings. The van der Waals surface area contributed by atoms with Crippen LogP contribution in [0.15, 0.2) is 18.2 Å². The van der Waals surface area contributed by atoms with Gasteiger partial charge in [0.25, 0.3) is 0 Å². The van der Waals surface area contributed by atoms with Gasteiger partial charge >= 0.3 is 0 Å². The number of carbonyl (C=O) groups excluding carboxylic acids is 1. The minimum absolute atomic E-state index is 0.00417. The van der Waals surface area contributed by atoms with Gasteiger partial charge in [-0.2, -0.15) is 0 Å². The van der Waals surface area contributed by atoms with Gasteiger partial charge in [0, 0.05) is 23.7 Å². The van der Waals surface area contributed by atoms with Gasteiger partial charge in [0.2, 0.25) is 5.91 Å². The lowest BCUT2D eigenvalue weighted by Crippen LogP contribution is -2.46. The third-order valence-electron chi connectivity index (χ3n) is 4.45. The highest BCUT2D eigenvalue weighted by atomic mass is 35.5. The molecule has 0 radical (unpaired) electrons. The molecule has 116 valence electrons. The van der Waals surface area contributed by atoms with E-state index in [9.17, 15) is 9.18 Å². The number of nitrogens with zero attached hydrogens (tertiary/aromatic N) is 1. The van der Waals surface area contributed by atoms with E-state index >= 15 is 0 Å². The molecular weight excluding hydrogens is 291 g/mol. The van der Waals surface area contributed by atoms with Gasteiger partial charge in [-0.25, -0.2) is 4.39 Å². The van der Waals surface area contributed by atoms with E-state index in [2.05, 4.69) is 0 Å². The molecule has 1 aliphatic carbocycles. The molecule has 1 aromatic carbocycles. The van der Waals surface area contributed by atoms with Gasteiger partial charge in [0.05, 0.1) is 6.42 Å². The highest BCUT2D eigenvalue weighted by Gasteiger charge is 2.30. The van der Waals surface area contributed by atoms with Crippen molar-refractivity contribution in [1.82, 2.24) is 4.90 Å². The summed E-state index contributed by atoms with van der Waals surface area (Å²) >= 11 is 5.99. The Bertz CT molecular complexity index is 489. The summed E-state index contributed by atoms with van der Waals surface area (Å²) in [5.41, 5.74) is 6.09. The molecule has 0 saturated heterocycles. The van der Waals surface area contributed by atoms with Crippen molar-refractivity contribution < 1.29 is 9.18 Å². The van der Waals surface area contributed by atoms with E-state index in [0.717, 1.165) is 19.3 Å². The molecule has 0 bridgehead atoms. The Hall–Kier alpha value is -1.13. The van der Waals surface area contributed by atoms with Crippen molar-refractivity contribution in [2.75, 3.05) is 13.6 Å². The predicted octanol–water partition coefficient (Wildman–Crippen LogP) is 3.00. The monoisotopic (exact) mass is 312 g/mol. The van der Waals surface area contributed by atoms with Gasteiger partial charge < -0.3 is 10.6 Å². The van der Waals surface area contributed by atoms with Gasteiger partial charge in [-0.3, -0.25) is 4.79 Å². The van der Waals surface area contributed by atoms with Crippen molar-refractivity contribution in [3.05, 3.63) is 34.6 Å². The Morgan fingerprint density at radius 1 is 1.43 bits per heavy atom. The van der Waals surface area contributed by atoms with Gasteiger partial charge in [-0.1, -0.05) is 30.5 Å². The van der Waals surface area contributed by atoms with Crippen LogP contribution in [0.25, 0.3) is 0 Å². The quantitative estimate of drug-likeness (QED) is 0.929. The van der Waals surface area contributed by atoms with Crippen LogP contribution in [0, 0.1) is 11.7 Å². The summed E-state index contributed by atoms with van der Waals surface area (Å²) < 4.78 is 13.8. The van der Waals surface area contributed by atoms with Gasteiger partial charge in [0.15, 0.2) is 0 Å². The third kappa shape index (κ3) is 3.74. The predicted molar refractivity (Wildman–Crippen MR) is 82.7 cm³/mol. The zero-order chi connectivity index (χ0) is 15.4. The van der Waals surface area contributed by atoms with E-state index in [1.807, 2.05) is 0 Å². The Labute approximate surface area is 130 Å². The molecule has 3 nitrogen and oxygen atoms in total. The average Bonchev–Trinajstić information content (AvgIpc) is 2.50. The lowest BCUT2D eigenvalue weighted by molar-refractivity contribution is -0.132. The van der Waals surface area contributed by atoms with Crippen LogP contribution in [0.3, 0.4) is 0 Å². The molecule has 2 N–H and O–H groups in total. The first-order valence-electron chi connectivity index (χ1n) is 7.43. The molecule has 0 aliphatic heterocycles. The lowest BCUT2D eigenvalue weighted by atomic mass is 9.83. The maximum atomic E-state index is 13.8. The highest BCUT2D eigenvalue weighted by molar-refractivity contribution is 6.31. The standard InChI is InChI=1S/C16H22ClFN2O/c1-20(15-8-3-2-5-11(15)10-19)16(21)9-12-13(17)6-4-7-14(12)18/h4,6-7,11,15H,2-3,5,8-10,19H2,1H3.